The number of hydrogen-bond acceptors (Lipinski definition) is 3. The van der Waals surface area contributed by atoms with Gasteiger partial charge in [0.1, 0.15) is 0 Å². The Labute approximate surface area is 93.7 Å². The Balaban J connectivity index is 0.000000531. The quantitative estimate of drug-likeness (QED) is 0.702. The Kier molecular flexibility index (Phi) is 6.98. The van der Waals surface area contributed by atoms with Gasteiger partial charge in [0.15, 0.2) is 0 Å². The van der Waals surface area contributed by atoms with Gasteiger partial charge >= 0.3 is 0 Å². The van der Waals surface area contributed by atoms with E-state index in [1.54, 1.807) is 0 Å². The van der Waals surface area contributed by atoms with E-state index in [1.807, 2.05) is 13.8 Å². The van der Waals surface area contributed by atoms with E-state index in [4.69, 9.17) is 9.47 Å². The maximum atomic E-state index is 5.70. The zero-order chi connectivity index (χ0) is 10.9. The Morgan fingerprint density at radius 2 is 1.80 bits per heavy atom. The molecule has 0 aliphatic carbocycles. The third-order valence-electron chi connectivity index (χ3n) is 2.84. The van der Waals surface area contributed by atoms with E-state index in [2.05, 4.69) is 4.90 Å². The van der Waals surface area contributed by atoms with Crippen LogP contribution in [0, 0.1) is 0 Å². The average Bonchev–Trinajstić information content (AvgIpc) is 2.34. The summed E-state index contributed by atoms with van der Waals surface area (Å²) >= 11 is 0. The van der Waals surface area contributed by atoms with E-state index in [9.17, 15) is 0 Å². The summed E-state index contributed by atoms with van der Waals surface area (Å²) in [7, 11) is 0. The standard InChI is InChI=1S/C10H19NO2.C2H6/c1-2-6-13-10(3-1)9-11-4-7-12-8-5-11;1-2/h10H,1-9H2;1-2H3. The molecule has 2 fully saturated rings. The summed E-state index contributed by atoms with van der Waals surface area (Å²) in [5.74, 6) is 0. The minimum Gasteiger partial charge on any atom is -0.379 e. The van der Waals surface area contributed by atoms with Crippen LogP contribution < -0.4 is 0 Å². The van der Waals surface area contributed by atoms with Gasteiger partial charge in [-0.1, -0.05) is 13.8 Å². The molecular formula is C12H25NO2. The molecule has 0 radical (unpaired) electrons. The second kappa shape index (κ2) is 8.08. The topological polar surface area (TPSA) is 21.7 Å². The molecule has 2 aliphatic rings. The highest BCUT2D eigenvalue weighted by Crippen LogP contribution is 2.14. The van der Waals surface area contributed by atoms with Gasteiger partial charge in [-0.3, -0.25) is 4.90 Å². The van der Waals surface area contributed by atoms with Crippen LogP contribution in [-0.4, -0.2) is 50.5 Å². The van der Waals surface area contributed by atoms with Crippen molar-refractivity contribution in [2.75, 3.05) is 39.5 Å². The summed E-state index contributed by atoms with van der Waals surface area (Å²) in [4.78, 5) is 2.46. The molecule has 0 aromatic heterocycles. The summed E-state index contributed by atoms with van der Waals surface area (Å²) in [6, 6.07) is 0. The molecule has 0 saturated carbocycles. The number of rotatable bonds is 2. The second-order valence-electron chi connectivity index (χ2n) is 3.90. The Bertz CT molecular complexity index is 125. The molecule has 0 aromatic rings. The van der Waals surface area contributed by atoms with Gasteiger partial charge in [-0.15, -0.1) is 0 Å². The minimum atomic E-state index is 0.492. The van der Waals surface area contributed by atoms with Crippen molar-refractivity contribution in [2.45, 2.75) is 39.2 Å². The smallest absolute Gasteiger partial charge is 0.0702 e. The van der Waals surface area contributed by atoms with Gasteiger partial charge in [0.05, 0.1) is 19.3 Å². The molecule has 2 aliphatic heterocycles. The summed E-state index contributed by atoms with van der Waals surface area (Å²) in [6.45, 7) is 10.0. The van der Waals surface area contributed by atoms with Gasteiger partial charge < -0.3 is 9.47 Å². The first-order valence-corrected chi connectivity index (χ1v) is 6.37. The molecule has 3 heteroatoms. The number of nitrogens with zero attached hydrogens (tertiary/aromatic N) is 1. The summed E-state index contributed by atoms with van der Waals surface area (Å²) in [5, 5.41) is 0. The van der Waals surface area contributed by atoms with Crippen molar-refractivity contribution < 1.29 is 9.47 Å². The van der Waals surface area contributed by atoms with Crippen molar-refractivity contribution in [2.24, 2.45) is 0 Å². The molecule has 2 rings (SSSR count). The van der Waals surface area contributed by atoms with E-state index in [0.717, 1.165) is 39.5 Å². The molecule has 3 nitrogen and oxygen atoms in total. The van der Waals surface area contributed by atoms with Gasteiger partial charge in [0.2, 0.25) is 0 Å². The fraction of sp³-hybridized carbons (Fsp3) is 1.00. The van der Waals surface area contributed by atoms with Crippen molar-refractivity contribution in [1.29, 1.82) is 0 Å². The normalized spacial score (nSPS) is 28.0. The molecule has 1 unspecified atom stereocenters. The molecule has 2 heterocycles. The first kappa shape index (κ1) is 12.9. The van der Waals surface area contributed by atoms with E-state index in [0.29, 0.717) is 6.10 Å². The zero-order valence-corrected chi connectivity index (χ0v) is 10.2. The molecule has 15 heavy (non-hydrogen) atoms. The highest BCUT2D eigenvalue weighted by atomic mass is 16.5. The van der Waals surface area contributed by atoms with Crippen molar-refractivity contribution in [3.8, 4) is 0 Å². The molecule has 0 aromatic carbocycles. The highest BCUT2D eigenvalue weighted by Gasteiger charge is 2.18. The maximum Gasteiger partial charge on any atom is 0.0702 e. The second-order valence-corrected chi connectivity index (χ2v) is 3.90. The third-order valence-corrected chi connectivity index (χ3v) is 2.84. The monoisotopic (exact) mass is 215 g/mol. The minimum absolute atomic E-state index is 0.492. The predicted molar refractivity (Wildman–Crippen MR) is 62.2 cm³/mol. The van der Waals surface area contributed by atoms with Gasteiger partial charge in [-0.2, -0.15) is 0 Å². The van der Waals surface area contributed by atoms with E-state index < -0.39 is 0 Å². The van der Waals surface area contributed by atoms with Crippen molar-refractivity contribution >= 4 is 0 Å². The first-order valence-electron chi connectivity index (χ1n) is 6.37. The van der Waals surface area contributed by atoms with E-state index >= 15 is 0 Å². The first-order chi connectivity index (χ1) is 7.45. The van der Waals surface area contributed by atoms with Crippen LogP contribution >= 0.6 is 0 Å². The van der Waals surface area contributed by atoms with Crippen LogP contribution in [0.25, 0.3) is 0 Å². The highest BCUT2D eigenvalue weighted by molar-refractivity contribution is 4.71. The Hall–Kier alpha value is -0.120. The lowest BCUT2D eigenvalue weighted by Gasteiger charge is -2.32. The van der Waals surface area contributed by atoms with Crippen LogP contribution in [0.2, 0.25) is 0 Å². The van der Waals surface area contributed by atoms with Crippen LogP contribution in [0.3, 0.4) is 0 Å². The SMILES string of the molecule is C1CCC(CN2CCOCC2)OC1.CC. The van der Waals surface area contributed by atoms with Crippen molar-refractivity contribution in [3.63, 3.8) is 0 Å². The molecular weight excluding hydrogens is 190 g/mol. The molecule has 0 N–H and O–H groups in total. The van der Waals surface area contributed by atoms with Gasteiger partial charge in [0.25, 0.3) is 0 Å². The van der Waals surface area contributed by atoms with Crippen LogP contribution in [-0.2, 0) is 9.47 Å². The number of ether oxygens (including phenoxy) is 2. The fourth-order valence-corrected chi connectivity index (χ4v) is 2.02. The lowest BCUT2D eigenvalue weighted by atomic mass is 10.1. The Morgan fingerprint density at radius 1 is 1.07 bits per heavy atom. The largest absolute Gasteiger partial charge is 0.379 e. The molecule has 2 saturated heterocycles. The third kappa shape index (κ3) is 4.96. The summed E-state index contributed by atoms with van der Waals surface area (Å²) in [5.41, 5.74) is 0. The van der Waals surface area contributed by atoms with Crippen LogP contribution in [0.15, 0.2) is 0 Å². The van der Waals surface area contributed by atoms with Crippen LogP contribution in [0.1, 0.15) is 33.1 Å². The van der Waals surface area contributed by atoms with E-state index in [-0.39, 0.29) is 0 Å². The van der Waals surface area contributed by atoms with Crippen LogP contribution in [0.5, 0.6) is 0 Å². The van der Waals surface area contributed by atoms with Crippen LogP contribution in [0.4, 0.5) is 0 Å². The fourth-order valence-electron chi connectivity index (χ4n) is 2.02. The summed E-state index contributed by atoms with van der Waals surface area (Å²) < 4.78 is 11.0. The van der Waals surface area contributed by atoms with Crippen molar-refractivity contribution in [1.82, 2.24) is 4.90 Å². The van der Waals surface area contributed by atoms with Crippen molar-refractivity contribution in [3.05, 3.63) is 0 Å². The summed E-state index contributed by atoms with van der Waals surface area (Å²) in [6.07, 6.45) is 4.33. The van der Waals surface area contributed by atoms with Gasteiger partial charge in [0, 0.05) is 26.2 Å². The average molecular weight is 215 g/mol. The Morgan fingerprint density at radius 3 is 2.40 bits per heavy atom. The van der Waals surface area contributed by atoms with Gasteiger partial charge in [-0.25, -0.2) is 0 Å². The predicted octanol–water partition coefficient (Wildman–Crippen LogP) is 1.91. The molecule has 0 bridgehead atoms. The molecule has 1 atom stereocenters. The molecule has 0 spiro atoms. The molecule has 90 valence electrons. The lowest BCUT2D eigenvalue weighted by molar-refractivity contribution is -0.0304. The zero-order valence-electron chi connectivity index (χ0n) is 10.2. The maximum absolute atomic E-state index is 5.70. The number of morpholine rings is 1. The van der Waals surface area contributed by atoms with E-state index in [1.165, 1.54) is 19.3 Å². The lowest BCUT2D eigenvalue weighted by Crippen LogP contribution is -2.42. The number of hydrogen-bond donors (Lipinski definition) is 0. The molecule has 0 amide bonds. The van der Waals surface area contributed by atoms with Gasteiger partial charge in [-0.05, 0) is 19.3 Å².